The SMILES string of the molecule is Cl.N#CCC1CCN(c2nc(-c3cc(F)c(Cl)cc3F)nc3ccsc23)CC1. The fourth-order valence-corrected chi connectivity index (χ4v) is 4.35. The Hall–Kier alpha value is -2.01. The van der Waals surface area contributed by atoms with Crippen molar-refractivity contribution in [2.75, 3.05) is 18.0 Å². The molecule has 3 aromatic rings. The molecule has 2 aromatic heterocycles. The van der Waals surface area contributed by atoms with E-state index in [0.29, 0.717) is 17.9 Å². The lowest BCUT2D eigenvalue weighted by Gasteiger charge is -2.32. The average Bonchev–Trinajstić information content (AvgIpc) is 3.13. The summed E-state index contributed by atoms with van der Waals surface area (Å²) in [6.45, 7) is 1.54. The van der Waals surface area contributed by atoms with Crippen LogP contribution in [0.15, 0.2) is 23.6 Å². The number of rotatable bonds is 3. The number of hydrogen-bond donors (Lipinski definition) is 0. The van der Waals surface area contributed by atoms with Gasteiger partial charge in [-0.2, -0.15) is 5.26 Å². The molecule has 4 rings (SSSR count). The van der Waals surface area contributed by atoms with Crippen molar-refractivity contribution in [2.45, 2.75) is 19.3 Å². The summed E-state index contributed by atoms with van der Waals surface area (Å²) in [4.78, 5) is 11.1. The molecular weight excluding hydrogens is 425 g/mol. The zero-order valence-corrected chi connectivity index (χ0v) is 17.1. The molecule has 1 aliphatic rings. The third kappa shape index (κ3) is 3.90. The fraction of sp³-hybridized carbons (Fsp3) is 0.316. The Morgan fingerprint density at radius 2 is 1.96 bits per heavy atom. The summed E-state index contributed by atoms with van der Waals surface area (Å²) in [6.07, 6.45) is 2.37. The topological polar surface area (TPSA) is 52.8 Å². The largest absolute Gasteiger partial charge is 0.355 e. The van der Waals surface area contributed by atoms with Crippen molar-refractivity contribution in [3.05, 3.63) is 40.2 Å². The number of aromatic nitrogens is 2. The second kappa shape index (κ2) is 8.56. The Balaban J connectivity index is 0.00000225. The Bertz CT molecular complexity index is 1040. The van der Waals surface area contributed by atoms with Crippen molar-refractivity contribution in [3.8, 4) is 17.5 Å². The van der Waals surface area contributed by atoms with E-state index in [4.69, 9.17) is 16.9 Å². The van der Waals surface area contributed by atoms with Gasteiger partial charge in [0, 0.05) is 19.5 Å². The number of halogens is 4. The van der Waals surface area contributed by atoms with Gasteiger partial charge in [0.2, 0.25) is 0 Å². The second-order valence-corrected chi connectivity index (χ2v) is 7.87. The molecule has 0 aliphatic carbocycles. The summed E-state index contributed by atoms with van der Waals surface area (Å²) in [5.41, 5.74) is 0.694. The highest BCUT2D eigenvalue weighted by molar-refractivity contribution is 7.17. The number of nitrogens with zero attached hydrogens (tertiary/aromatic N) is 4. The third-order valence-electron chi connectivity index (χ3n) is 4.83. The number of nitriles is 1. The molecular formula is C19H16Cl2F2N4S. The van der Waals surface area contributed by atoms with Gasteiger partial charge in [-0.05, 0) is 42.3 Å². The zero-order valence-electron chi connectivity index (χ0n) is 14.7. The first kappa shape index (κ1) is 20.7. The quantitative estimate of drug-likeness (QED) is 0.479. The first-order valence-corrected chi connectivity index (χ1v) is 9.84. The van der Waals surface area contributed by atoms with E-state index >= 15 is 0 Å². The van der Waals surface area contributed by atoms with E-state index in [2.05, 4.69) is 20.9 Å². The monoisotopic (exact) mass is 440 g/mol. The minimum Gasteiger partial charge on any atom is -0.355 e. The number of piperidine rings is 1. The van der Waals surface area contributed by atoms with Crippen LogP contribution in [0.3, 0.4) is 0 Å². The molecule has 3 heterocycles. The standard InChI is InChI=1S/C19H15ClF2N4S.ClH/c20-13-10-14(21)12(9-15(13)22)18-24-16-4-8-27-17(16)19(25-18)26-6-2-11(1-5-23)3-7-26;/h4,8-11H,1-3,6-7H2;1H. The summed E-state index contributed by atoms with van der Waals surface area (Å²) in [7, 11) is 0. The van der Waals surface area contributed by atoms with Crippen LogP contribution >= 0.6 is 35.3 Å². The van der Waals surface area contributed by atoms with Crippen LogP contribution in [-0.4, -0.2) is 23.1 Å². The van der Waals surface area contributed by atoms with Crippen molar-refractivity contribution in [3.63, 3.8) is 0 Å². The maximum absolute atomic E-state index is 14.4. The molecule has 4 nitrogen and oxygen atoms in total. The molecule has 1 saturated heterocycles. The molecule has 0 N–H and O–H groups in total. The lowest BCUT2D eigenvalue weighted by Crippen LogP contribution is -2.34. The molecule has 0 bridgehead atoms. The van der Waals surface area contributed by atoms with Crippen LogP contribution in [0, 0.1) is 28.9 Å². The number of hydrogen-bond acceptors (Lipinski definition) is 5. The highest BCUT2D eigenvalue weighted by Crippen LogP contribution is 2.35. The van der Waals surface area contributed by atoms with Gasteiger partial charge >= 0.3 is 0 Å². The molecule has 0 atom stereocenters. The molecule has 1 fully saturated rings. The van der Waals surface area contributed by atoms with Crippen LogP contribution in [0.4, 0.5) is 14.6 Å². The van der Waals surface area contributed by atoms with Gasteiger partial charge in [-0.1, -0.05) is 11.6 Å². The first-order chi connectivity index (χ1) is 13.1. The van der Waals surface area contributed by atoms with Crippen LogP contribution in [-0.2, 0) is 0 Å². The van der Waals surface area contributed by atoms with Crippen molar-refractivity contribution in [1.29, 1.82) is 5.26 Å². The van der Waals surface area contributed by atoms with Crippen LogP contribution in [0.5, 0.6) is 0 Å². The van der Waals surface area contributed by atoms with Gasteiger partial charge in [0.05, 0.1) is 26.9 Å². The normalized spacial score (nSPS) is 14.7. The molecule has 0 spiro atoms. The predicted molar refractivity (Wildman–Crippen MR) is 110 cm³/mol. The number of benzene rings is 1. The molecule has 1 aliphatic heterocycles. The fourth-order valence-electron chi connectivity index (χ4n) is 3.35. The molecule has 0 saturated carbocycles. The second-order valence-electron chi connectivity index (χ2n) is 6.54. The summed E-state index contributed by atoms with van der Waals surface area (Å²) < 4.78 is 29.2. The maximum atomic E-state index is 14.4. The minimum absolute atomic E-state index is 0. The number of fused-ring (bicyclic) bond motifs is 1. The van der Waals surface area contributed by atoms with E-state index < -0.39 is 11.6 Å². The van der Waals surface area contributed by atoms with Gasteiger partial charge in [0.25, 0.3) is 0 Å². The van der Waals surface area contributed by atoms with Crippen LogP contribution in [0.25, 0.3) is 21.6 Å². The molecule has 0 radical (unpaired) electrons. The summed E-state index contributed by atoms with van der Waals surface area (Å²) >= 11 is 7.18. The Morgan fingerprint density at radius 1 is 1.21 bits per heavy atom. The van der Waals surface area contributed by atoms with Crippen LogP contribution in [0.2, 0.25) is 5.02 Å². The third-order valence-corrected chi connectivity index (χ3v) is 6.02. The van der Waals surface area contributed by atoms with E-state index in [-0.39, 0.29) is 28.8 Å². The van der Waals surface area contributed by atoms with Gasteiger partial charge in [-0.3, -0.25) is 0 Å². The maximum Gasteiger partial charge on any atom is 0.165 e. The van der Waals surface area contributed by atoms with E-state index in [0.717, 1.165) is 48.6 Å². The van der Waals surface area contributed by atoms with Gasteiger partial charge in [-0.15, -0.1) is 23.7 Å². The van der Waals surface area contributed by atoms with Crippen molar-refractivity contribution < 1.29 is 8.78 Å². The van der Waals surface area contributed by atoms with Crippen molar-refractivity contribution in [2.24, 2.45) is 5.92 Å². The van der Waals surface area contributed by atoms with Gasteiger partial charge in [0.1, 0.15) is 11.6 Å². The van der Waals surface area contributed by atoms with Gasteiger partial charge < -0.3 is 4.90 Å². The molecule has 146 valence electrons. The Morgan fingerprint density at radius 3 is 2.68 bits per heavy atom. The lowest BCUT2D eigenvalue weighted by molar-refractivity contribution is 0.412. The van der Waals surface area contributed by atoms with Gasteiger partial charge in [0.15, 0.2) is 11.6 Å². The average molecular weight is 441 g/mol. The zero-order chi connectivity index (χ0) is 19.0. The Kier molecular flexibility index (Phi) is 6.33. The summed E-state index contributed by atoms with van der Waals surface area (Å²) in [5, 5.41) is 10.5. The van der Waals surface area contributed by atoms with Crippen molar-refractivity contribution >= 4 is 51.4 Å². The minimum atomic E-state index is -0.707. The summed E-state index contributed by atoms with van der Waals surface area (Å²) in [6, 6.07) is 6.06. The highest BCUT2D eigenvalue weighted by Gasteiger charge is 2.24. The molecule has 28 heavy (non-hydrogen) atoms. The van der Waals surface area contributed by atoms with Crippen LogP contribution in [0.1, 0.15) is 19.3 Å². The number of anilines is 1. The van der Waals surface area contributed by atoms with E-state index in [1.165, 1.54) is 11.3 Å². The van der Waals surface area contributed by atoms with Crippen molar-refractivity contribution in [1.82, 2.24) is 9.97 Å². The lowest BCUT2D eigenvalue weighted by atomic mass is 9.94. The summed E-state index contributed by atoms with van der Waals surface area (Å²) in [5.74, 6) is -0.0944. The molecule has 9 heteroatoms. The highest BCUT2D eigenvalue weighted by atomic mass is 35.5. The van der Waals surface area contributed by atoms with E-state index in [1.807, 2.05) is 11.4 Å². The van der Waals surface area contributed by atoms with E-state index in [9.17, 15) is 8.78 Å². The smallest absolute Gasteiger partial charge is 0.165 e. The van der Waals surface area contributed by atoms with Crippen LogP contribution < -0.4 is 4.90 Å². The molecule has 1 aromatic carbocycles. The van der Waals surface area contributed by atoms with Gasteiger partial charge in [-0.25, -0.2) is 18.7 Å². The molecule has 0 amide bonds. The first-order valence-electron chi connectivity index (χ1n) is 8.59. The van der Waals surface area contributed by atoms with E-state index in [1.54, 1.807) is 0 Å². The molecule has 0 unspecified atom stereocenters. The number of thiophene rings is 1. The Labute approximate surface area is 176 Å². The predicted octanol–water partition coefficient (Wildman–Crippen LogP) is 5.84.